The van der Waals surface area contributed by atoms with Gasteiger partial charge in [-0.1, -0.05) is 24.8 Å². The molecule has 0 aliphatic heterocycles. The number of aliphatic imine (C=N–C) groups is 1. The number of aryl methyl sites for hydroxylation is 1. The monoisotopic (exact) mass is 728 g/mol. The number of hydrogen-bond acceptors (Lipinski definition) is 7. The van der Waals surface area contributed by atoms with Gasteiger partial charge in [0.1, 0.15) is 23.7 Å². The van der Waals surface area contributed by atoms with Crippen molar-refractivity contribution in [2.45, 2.75) is 26.3 Å². The first kappa shape index (κ1) is 32.3. The zero-order valence-electron chi connectivity index (χ0n) is 21.7. The van der Waals surface area contributed by atoms with Crippen LogP contribution in [-0.4, -0.2) is 41.1 Å². The van der Waals surface area contributed by atoms with Crippen LogP contribution in [0, 0.1) is 12.7 Å². The summed E-state index contributed by atoms with van der Waals surface area (Å²) in [5.41, 5.74) is 8.59. The summed E-state index contributed by atoms with van der Waals surface area (Å²) in [6.45, 7) is 1.40. The normalized spacial score (nSPS) is 12.7. The smallest absolute Gasteiger partial charge is 0.448 e. The molecule has 0 saturated carbocycles. The quantitative estimate of drug-likeness (QED) is 0.116. The Morgan fingerprint density at radius 2 is 2.00 bits per heavy atom. The molecule has 0 saturated heterocycles. The number of halogens is 4. The first-order chi connectivity index (χ1) is 18.6. The van der Waals surface area contributed by atoms with Crippen molar-refractivity contribution < 1.29 is 53.2 Å². The van der Waals surface area contributed by atoms with E-state index in [2.05, 4.69) is 20.3 Å². The van der Waals surface area contributed by atoms with Gasteiger partial charge in [0, 0.05) is 55.9 Å². The number of alkyl halides is 3. The van der Waals surface area contributed by atoms with Crippen LogP contribution in [0.5, 0.6) is 11.6 Å². The Bertz CT molecular complexity index is 1460. The van der Waals surface area contributed by atoms with Gasteiger partial charge in [0.05, 0.1) is 19.0 Å². The molecule has 0 aliphatic carbocycles. The number of hydrogen-bond donors (Lipinski definition) is 2. The number of rotatable bonds is 10. The summed E-state index contributed by atoms with van der Waals surface area (Å²) in [4.78, 5) is 12.8. The van der Waals surface area contributed by atoms with Crippen molar-refractivity contribution in [1.82, 2.24) is 9.97 Å². The Hall–Kier alpha value is -3.92. The molecular formula is C27H26F4N5O3W-. The van der Waals surface area contributed by atoms with Gasteiger partial charge in [-0.05, 0) is 37.4 Å². The van der Waals surface area contributed by atoms with Gasteiger partial charge in [0.15, 0.2) is 5.76 Å². The van der Waals surface area contributed by atoms with E-state index in [-0.39, 0.29) is 51.2 Å². The number of ether oxygens (including phenoxy) is 2. The average molecular weight is 728 g/mol. The number of allylic oxidation sites excluding steroid dienone is 4. The van der Waals surface area contributed by atoms with E-state index < -0.39 is 17.8 Å². The van der Waals surface area contributed by atoms with E-state index in [0.717, 1.165) is 29.4 Å². The fraction of sp³-hybridized carbons (Fsp3) is 0.222. The first-order valence-corrected chi connectivity index (χ1v) is 11.5. The maximum atomic E-state index is 14.9. The van der Waals surface area contributed by atoms with Gasteiger partial charge < -0.3 is 25.6 Å². The number of pyridine rings is 2. The van der Waals surface area contributed by atoms with E-state index in [9.17, 15) is 17.6 Å². The standard InChI is InChI=1S/C27H26F4N5O3.W/c1-16-12-18(22(33-2)9-10-32)17-6-4-7-23(25(17)36-16)39-15-20-19(26(38-3)35-14-21(20)28)13-34-11-5-8-24(37)27(29,30)31;/h4-12,14H,13,15H2,1-3H3,(H3-,32,33,34,36,37);/q-1;. The molecule has 2 aromatic heterocycles. The van der Waals surface area contributed by atoms with Crippen molar-refractivity contribution in [3.8, 4) is 11.6 Å². The molecule has 0 atom stereocenters. The molecule has 3 aromatic rings. The molecule has 40 heavy (non-hydrogen) atoms. The van der Waals surface area contributed by atoms with Crippen LogP contribution in [0.2, 0.25) is 0 Å². The van der Waals surface area contributed by atoms with Crippen LogP contribution in [0.15, 0.2) is 71.8 Å². The number of fused-ring (bicyclic) bond motifs is 1. The number of aliphatic hydroxyl groups excluding tert-OH is 1. The topological polar surface area (TPSA) is 117 Å². The number of para-hydroxylation sites is 1. The summed E-state index contributed by atoms with van der Waals surface area (Å²) >= 11 is 0. The van der Waals surface area contributed by atoms with Gasteiger partial charge >= 0.3 is 6.18 Å². The number of benzene rings is 1. The van der Waals surface area contributed by atoms with Crippen molar-refractivity contribution in [2.75, 3.05) is 14.2 Å². The maximum Gasteiger partial charge on any atom is 0.448 e. The second-order valence-corrected chi connectivity index (χ2v) is 8.02. The van der Waals surface area contributed by atoms with Gasteiger partial charge in [0.2, 0.25) is 5.88 Å². The predicted molar refractivity (Wildman–Crippen MR) is 140 cm³/mol. The SMILES string of the molecule is CN=C(/C=C\N)c1cc(C)nc2c(OCc3c(F)cnc(OC)c3C[N-]/C=C\C=C(/O)C(F)(F)F)cccc12.[W]. The molecular weight excluding hydrogens is 702 g/mol. The molecule has 0 spiro atoms. The Morgan fingerprint density at radius 3 is 2.65 bits per heavy atom. The summed E-state index contributed by atoms with van der Waals surface area (Å²) in [5.74, 6) is -1.99. The Kier molecular flexibility index (Phi) is 11.7. The van der Waals surface area contributed by atoms with Crippen molar-refractivity contribution in [3.63, 3.8) is 0 Å². The molecule has 0 amide bonds. The Balaban J connectivity index is 0.00000560. The molecule has 0 radical (unpaired) electrons. The number of methoxy groups -OCH3 is 1. The van der Waals surface area contributed by atoms with Gasteiger partial charge in [-0.2, -0.15) is 19.4 Å². The van der Waals surface area contributed by atoms with Crippen LogP contribution in [0.25, 0.3) is 16.2 Å². The van der Waals surface area contributed by atoms with Gasteiger partial charge in [-0.25, -0.2) is 14.4 Å². The minimum atomic E-state index is -4.87. The average Bonchev–Trinajstić information content (AvgIpc) is 2.90. The second kappa shape index (κ2) is 14.5. The molecule has 2 heterocycles. The summed E-state index contributed by atoms with van der Waals surface area (Å²) in [6.07, 6.45) is 1.58. The zero-order chi connectivity index (χ0) is 28.6. The summed E-state index contributed by atoms with van der Waals surface area (Å²) in [7, 11) is 2.99. The van der Waals surface area contributed by atoms with E-state index in [4.69, 9.17) is 20.3 Å². The molecule has 212 valence electrons. The molecule has 8 nitrogen and oxygen atoms in total. The van der Waals surface area contributed by atoms with Crippen molar-refractivity contribution >= 4 is 16.6 Å². The largest absolute Gasteiger partial charge is 0.687 e. The van der Waals surface area contributed by atoms with Crippen LogP contribution in [0.4, 0.5) is 17.6 Å². The van der Waals surface area contributed by atoms with Crippen molar-refractivity contribution in [1.29, 1.82) is 0 Å². The number of nitrogens with zero attached hydrogens (tertiary/aromatic N) is 4. The third kappa shape index (κ3) is 7.81. The molecule has 13 heteroatoms. The van der Waals surface area contributed by atoms with Gasteiger partial charge in [-0.15, -0.1) is 0 Å². The molecule has 3 N–H and O–H groups in total. The Morgan fingerprint density at radius 1 is 1.25 bits per heavy atom. The van der Waals surface area contributed by atoms with E-state index in [1.165, 1.54) is 13.3 Å². The van der Waals surface area contributed by atoms with Crippen LogP contribution in [0.3, 0.4) is 0 Å². The Labute approximate surface area is 242 Å². The van der Waals surface area contributed by atoms with Crippen LogP contribution < -0.4 is 15.2 Å². The molecule has 0 unspecified atom stereocenters. The first-order valence-electron chi connectivity index (χ1n) is 11.5. The zero-order valence-corrected chi connectivity index (χ0v) is 24.7. The van der Waals surface area contributed by atoms with Crippen molar-refractivity contribution in [2.24, 2.45) is 10.7 Å². The minimum absolute atomic E-state index is 0. The molecule has 0 bridgehead atoms. The van der Waals surface area contributed by atoms with Crippen LogP contribution in [-0.2, 0) is 34.2 Å². The number of nitrogens with two attached hydrogens (primary N) is 1. The maximum absolute atomic E-state index is 14.9. The van der Waals surface area contributed by atoms with E-state index in [0.29, 0.717) is 28.7 Å². The van der Waals surface area contributed by atoms with E-state index in [1.807, 2.05) is 19.1 Å². The van der Waals surface area contributed by atoms with Gasteiger partial charge in [-0.3, -0.25) is 4.99 Å². The summed E-state index contributed by atoms with van der Waals surface area (Å²) in [5, 5.41) is 13.7. The molecule has 0 aliphatic rings. The molecule has 0 fully saturated rings. The fourth-order valence-electron chi connectivity index (χ4n) is 3.68. The van der Waals surface area contributed by atoms with Crippen molar-refractivity contribution in [3.05, 3.63) is 100 Å². The summed E-state index contributed by atoms with van der Waals surface area (Å²) < 4.78 is 63.3. The van der Waals surface area contributed by atoms with E-state index >= 15 is 0 Å². The fourth-order valence-corrected chi connectivity index (χ4v) is 3.68. The number of aromatic nitrogens is 2. The van der Waals surface area contributed by atoms with Crippen LogP contribution in [0.1, 0.15) is 22.4 Å². The summed E-state index contributed by atoms with van der Waals surface area (Å²) in [6, 6.07) is 7.20. The van der Waals surface area contributed by atoms with Crippen LogP contribution >= 0.6 is 0 Å². The van der Waals surface area contributed by atoms with E-state index in [1.54, 1.807) is 25.3 Å². The third-order valence-corrected chi connectivity index (χ3v) is 5.46. The number of aliphatic hydroxyl groups is 1. The third-order valence-electron chi connectivity index (χ3n) is 5.46. The molecule has 3 rings (SSSR count). The second-order valence-electron chi connectivity index (χ2n) is 8.02. The predicted octanol–water partition coefficient (Wildman–Crippen LogP) is 5.95. The van der Waals surface area contributed by atoms with Gasteiger partial charge in [0.25, 0.3) is 0 Å². The minimum Gasteiger partial charge on any atom is -0.687 e. The molecule has 1 aromatic carbocycles.